The summed E-state index contributed by atoms with van der Waals surface area (Å²) in [4.78, 5) is 11.4. The van der Waals surface area contributed by atoms with Gasteiger partial charge in [0.2, 0.25) is 10.0 Å². The standard InChI is InChI=1S/C14H19ClN2O4S/c1-21-13(18)10-4-5-12(11(15)8-10)22(19,20)17-14(9-16)6-2-3-7-14/h4-5,8,17H,2-3,6-7,9,16H2,1H3. The minimum Gasteiger partial charge on any atom is -0.465 e. The SMILES string of the molecule is COC(=O)c1ccc(S(=O)(=O)NC2(CN)CCCC2)c(Cl)c1. The summed E-state index contributed by atoms with van der Waals surface area (Å²) < 4.78 is 32.4. The van der Waals surface area contributed by atoms with Gasteiger partial charge in [-0.15, -0.1) is 0 Å². The first-order valence-corrected chi connectivity index (χ1v) is 8.82. The van der Waals surface area contributed by atoms with Gasteiger partial charge in [-0.3, -0.25) is 0 Å². The molecule has 2 rings (SSSR count). The predicted octanol–water partition coefficient (Wildman–Crippen LogP) is 1.68. The Balaban J connectivity index is 2.31. The molecule has 0 bridgehead atoms. The van der Waals surface area contributed by atoms with E-state index in [1.54, 1.807) is 0 Å². The second-order valence-electron chi connectivity index (χ2n) is 5.43. The largest absolute Gasteiger partial charge is 0.465 e. The van der Waals surface area contributed by atoms with Crippen molar-refractivity contribution >= 4 is 27.6 Å². The number of nitrogens with two attached hydrogens (primary N) is 1. The Morgan fingerprint density at radius 3 is 2.55 bits per heavy atom. The van der Waals surface area contributed by atoms with Crippen molar-refractivity contribution in [1.82, 2.24) is 4.72 Å². The molecule has 0 aliphatic heterocycles. The van der Waals surface area contributed by atoms with Crippen LogP contribution in [0.3, 0.4) is 0 Å². The number of nitrogens with one attached hydrogen (secondary N) is 1. The minimum absolute atomic E-state index is 0.0273. The van der Waals surface area contributed by atoms with Gasteiger partial charge < -0.3 is 10.5 Å². The number of carbonyl (C=O) groups is 1. The summed E-state index contributed by atoms with van der Waals surface area (Å²) in [6, 6.07) is 3.96. The molecule has 1 aliphatic carbocycles. The van der Waals surface area contributed by atoms with Crippen LogP contribution in [0.2, 0.25) is 5.02 Å². The number of hydrogen-bond donors (Lipinski definition) is 2. The van der Waals surface area contributed by atoms with Crippen LogP contribution in [0.1, 0.15) is 36.0 Å². The number of esters is 1. The highest BCUT2D eigenvalue weighted by atomic mass is 35.5. The monoisotopic (exact) mass is 346 g/mol. The van der Waals surface area contributed by atoms with Gasteiger partial charge in [0.15, 0.2) is 0 Å². The minimum atomic E-state index is -3.81. The van der Waals surface area contributed by atoms with Crippen LogP contribution in [-0.4, -0.2) is 33.6 Å². The van der Waals surface area contributed by atoms with Crippen LogP contribution in [0.5, 0.6) is 0 Å². The molecule has 1 aliphatic rings. The van der Waals surface area contributed by atoms with Crippen molar-refractivity contribution in [2.75, 3.05) is 13.7 Å². The summed E-state index contributed by atoms with van der Waals surface area (Å²) in [6.07, 6.45) is 3.30. The fourth-order valence-electron chi connectivity index (χ4n) is 2.70. The molecule has 0 saturated heterocycles. The second kappa shape index (κ2) is 6.54. The molecule has 1 aromatic rings. The van der Waals surface area contributed by atoms with Gasteiger partial charge in [0.05, 0.1) is 17.7 Å². The molecular formula is C14H19ClN2O4S. The number of sulfonamides is 1. The van der Waals surface area contributed by atoms with Gasteiger partial charge in [-0.2, -0.15) is 0 Å². The van der Waals surface area contributed by atoms with Gasteiger partial charge in [0.25, 0.3) is 0 Å². The first-order chi connectivity index (χ1) is 10.3. The lowest BCUT2D eigenvalue weighted by molar-refractivity contribution is 0.0600. The van der Waals surface area contributed by atoms with E-state index in [2.05, 4.69) is 9.46 Å². The summed E-state index contributed by atoms with van der Waals surface area (Å²) in [5.74, 6) is -0.576. The molecule has 0 atom stereocenters. The number of hydrogen-bond acceptors (Lipinski definition) is 5. The molecule has 0 spiro atoms. The zero-order chi connectivity index (χ0) is 16.4. The fourth-order valence-corrected chi connectivity index (χ4v) is 4.72. The maximum absolute atomic E-state index is 12.6. The summed E-state index contributed by atoms with van der Waals surface area (Å²) in [7, 11) is -2.56. The van der Waals surface area contributed by atoms with E-state index in [0.717, 1.165) is 12.8 Å². The van der Waals surface area contributed by atoms with E-state index < -0.39 is 21.5 Å². The molecule has 0 heterocycles. The molecule has 122 valence electrons. The Morgan fingerprint density at radius 2 is 2.05 bits per heavy atom. The highest BCUT2D eigenvalue weighted by Gasteiger charge is 2.37. The Labute approximate surface area is 135 Å². The van der Waals surface area contributed by atoms with Gasteiger partial charge in [0, 0.05) is 12.1 Å². The van der Waals surface area contributed by atoms with Crippen LogP contribution in [0.4, 0.5) is 0 Å². The van der Waals surface area contributed by atoms with Crippen LogP contribution < -0.4 is 10.5 Å². The van der Waals surface area contributed by atoms with E-state index in [0.29, 0.717) is 12.8 Å². The maximum atomic E-state index is 12.6. The van der Waals surface area contributed by atoms with Crippen molar-refractivity contribution in [2.45, 2.75) is 36.1 Å². The van der Waals surface area contributed by atoms with Crippen LogP contribution >= 0.6 is 11.6 Å². The van der Waals surface area contributed by atoms with Crippen molar-refractivity contribution in [2.24, 2.45) is 5.73 Å². The van der Waals surface area contributed by atoms with Crippen LogP contribution in [0, 0.1) is 0 Å². The molecule has 0 aromatic heterocycles. The predicted molar refractivity (Wildman–Crippen MR) is 83.4 cm³/mol. The quantitative estimate of drug-likeness (QED) is 0.790. The normalized spacial score (nSPS) is 17.4. The van der Waals surface area contributed by atoms with Crippen molar-refractivity contribution in [3.8, 4) is 0 Å². The molecule has 1 aromatic carbocycles. The first kappa shape index (κ1) is 17.2. The molecule has 8 heteroatoms. The van der Waals surface area contributed by atoms with Gasteiger partial charge >= 0.3 is 5.97 Å². The van der Waals surface area contributed by atoms with Crippen molar-refractivity contribution in [3.63, 3.8) is 0 Å². The zero-order valence-corrected chi connectivity index (χ0v) is 13.8. The third-order valence-electron chi connectivity index (χ3n) is 3.94. The topological polar surface area (TPSA) is 98.5 Å². The van der Waals surface area contributed by atoms with Gasteiger partial charge in [-0.1, -0.05) is 24.4 Å². The third kappa shape index (κ3) is 3.43. The Morgan fingerprint density at radius 1 is 1.41 bits per heavy atom. The summed E-state index contributed by atoms with van der Waals surface area (Å²) >= 11 is 6.03. The average Bonchev–Trinajstić information content (AvgIpc) is 2.94. The molecule has 0 radical (unpaired) electrons. The van der Waals surface area contributed by atoms with Gasteiger partial charge in [-0.05, 0) is 31.0 Å². The maximum Gasteiger partial charge on any atom is 0.337 e. The van der Waals surface area contributed by atoms with E-state index in [1.165, 1.54) is 25.3 Å². The van der Waals surface area contributed by atoms with Crippen molar-refractivity contribution in [1.29, 1.82) is 0 Å². The molecule has 22 heavy (non-hydrogen) atoms. The average molecular weight is 347 g/mol. The number of methoxy groups -OCH3 is 1. The Bertz CT molecular complexity index is 669. The summed E-state index contributed by atoms with van der Waals surface area (Å²) in [6.45, 7) is 0.240. The number of ether oxygens (including phenoxy) is 1. The van der Waals surface area contributed by atoms with E-state index in [-0.39, 0.29) is 22.0 Å². The highest BCUT2D eigenvalue weighted by Crippen LogP contribution is 2.32. The van der Waals surface area contributed by atoms with E-state index >= 15 is 0 Å². The second-order valence-corrected chi connectivity index (χ2v) is 7.49. The molecule has 0 unspecified atom stereocenters. The Hall–Kier alpha value is -1.15. The highest BCUT2D eigenvalue weighted by molar-refractivity contribution is 7.89. The summed E-state index contributed by atoms with van der Waals surface area (Å²) in [5.41, 5.74) is 5.34. The Kier molecular flexibility index (Phi) is 5.11. The smallest absolute Gasteiger partial charge is 0.337 e. The lowest BCUT2D eigenvalue weighted by Crippen LogP contribution is -2.51. The van der Waals surface area contributed by atoms with Gasteiger partial charge in [0.1, 0.15) is 4.90 Å². The number of carbonyl (C=O) groups excluding carboxylic acids is 1. The molecule has 1 fully saturated rings. The lowest BCUT2D eigenvalue weighted by atomic mass is 10.0. The fraction of sp³-hybridized carbons (Fsp3) is 0.500. The number of rotatable bonds is 5. The number of halogens is 1. The van der Waals surface area contributed by atoms with E-state index in [1.807, 2.05) is 0 Å². The number of benzene rings is 1. The first-order valence-electron chi connectivity index (χ1n) is 6.95. The van der Waals surface area contributed by atoms with Crippen LogP contribution in [0.15, 0.2) is 23.1 Å². The third-order valence-corrected chi connectivity index (χ3v) is 6.01. The lowest BCUT2D eigenvalue weighted by Gasteiger charge is -2.28. The van der Waals surface area contributed by atoms with Gasteiger partial charge in [-0.25, -0.2) is 17.9 Å². The molecule has 1 saturated carbocycles. The molecule has 3 N–H and O–H groups in total. The zero-order valence-electron chi connectivity index (χ0n) is 12.3. The van der Waals surface area contributed by atoms with Crippen molar-refractivity contribution < 1.29 is 17.9 Å². The molecular weight excluding hydrogens is 328 g/mol. The summed E-state index contributed by atoms with van der Waals surface area (Å²) in [5, 5.41) is -0.0273. The van der Waals surface area contributed by atoms with E-state index in [4.69, 9.17) is 17.3 Å². The van der Waals surface area contributed by atoms with Crippen LogP contribution in [0.25, 0.3) is 0 Å². The van der Waals surface area contributed by atoms with Crippen molar-refractivity contribution in [3.05, 3.63) is 28.8 Å². The molecule has 0 amide bonds. The van der Waals surface area contributed by atoms with Crippen LogP contribution in [-0.2, 0) is 14.8 Å². The van der Waals surface area contributed by atoms with E-state index in [9.17, 15) is 13.2 Å². The molecule has 6 nitrogen and oxygen atoms in total.